The molecule has 1 fully saturated rings. The average Bonchev–Trinajstić information content (AvgIpc) is 2.99. The van der Waals surface area contributed by atoms with Crippen molar-refractivity contribution in [3.63, 3.8) is 0 Å². The standard InChI is InChI=1S/C19H29N5.HI/c1-4-20-19(23-12-8-15(2)9-13-23)21-10-7-17-14-24-11-5-6-16(3)18(24)22-17;/h5-6,11,14-15H,4,7-10,12-13H2,1-3H3,(H,20,21);1H. The van der Waals surface area contributed by atoms with Crippen molar-refractivity contribution in [1.82, 2.24) is 19.6 Å². The highest BCUT2D eigenvalue weighted by Gasteiger charge is 2.18. The molecule has 0 saturated carbocycles. The number of rotatable bonds is 4. The van der Waals surface area contributed by atoms with Crippen LogP contribution in [0.1, 0.15) is 37.9 Å². The van der Waals surface area contributed by atoms with Gasteiger partial charge in [-0.3, -0.25) is 4.99 Å². The zero-order valence-electron chi connectivity index (χ0n) is 15.5. The Morgan fingerprint density at radius 1 is 1.36 bits per heavy atom. The number of piperidine rings is 1. The van der Waals surface area contributed by atoms with E-state index >= 15 is 0 Å². The van der Waals surface area contributed by atoms with Gasteiger partial charge in [0.05, 0.1) is 5.69 Å². The number of likely N-dealkylation sites (tertiary alicyclic amines) is 1. The molecule has 2 aromatic heterocycles. The van der Waals surface area contributed by atoms with Crippen LogP contribution in [0.3, 0.4) is 0 Å². The van der Waals surface area contributed by atoms with Crippen LogP contribution in [0.2, 0.25) is 0 Å². The first-order valence-electron chi connectivity index (χ1n) is 9.14. The summed E-state index contributed by atoms with van der Waals surface area (Å²) < 4.78 is 2.10. The number of aromatic nitrogens is 2. The van der Waals surface area contributed by atoms with Gasteiger partial charge in [0.2, 0.25) is 0 Å². The lowest BCUT2D eigenvalue weighted by atomic mass is 10.00. The number of imidazole rings is 1. The lowest BCUT2D eigenvalue weighted by Gasteiger charge is -2.33. The van der Waals surface area contributed by atoms with E-state index in [-0.39, 0.29) is 24.0 Å². The normalized spacial score (nSPS) is 16.1. The molecule has 2 aromatic rings. The minimum absolute atomic E-state index is 0. The van der Waals surface area contributed by atoms with Crippen LogP contribution in [-0.2, 0) is 6.42 Å². The van der Waals surface area contributed by atoms with Crippen molar-refractivity contribution in [2.75, 3.05) is 26.2 Å². The summed E-state index contributed by atoms with van der Waals surface area (Å²) in [6, 6.07) is 4.16. The molecule has 0 radical (unpaired) electrons. The fourth-order valence-electron chi connectivity index (χ4n) is 3.25. The molecule has 138 valence electrons. The lowest BCUT2D eigenvalue weighted by molar-refractivity contribution is 0.273. The maximum absolute atomic E-state index is 4.83. The van der Waals surface area contributed by atoms with Crippen LogP contribution in [0.5, 0.6) is 0 Å². The zero-order chi connectivity index (χ0) is 16.9. The first-order valence-corrected chi connectivity index (χ1v) is 9.14. The van der Waals surface area contributed by atoms with Crippen LogP contribution >= 0.6 is 24.0 Å². The monoisotopic (exact) mass is 455 g/mol. The Balaban J connectivity index is 0.00000225. The molecule has 6 heteroatoms. The molecule has 5 nitrogen and oxygen atoms in total. The lowest BCUT2D eigenvalue weighted by Crippen LogP contribution is -2.45. The Labute approximate surface area is 167 Å². The van der Waals surface area contributed by atoms with Gasteiger partial charge in [0.15, 0.2) is 5.96 Å². The van der Waals surface area contributed by atoms with Gasteiger partial charge in [0, 0.05) is 45.0 Å². The van der Waals surface area contributed by atoms with Gasteiger partial charge in [-0.15, -0.1) is 24.0 Å². The summed E-state index contributed by atoms with van der Waals surface area (Å²) in [6.07, 6.45) is 7.57. The predicted octanol–water partition coefficient (Wildman–Crippen LogP) is 3.50. The highest BCUT2D eigenvalue weighted by atomic mass is 127. The number of halogens is 1. The van der Waals surface area contributed by atoms with Crippen molar-refractivity contribution < 1.29 is 0 Å². The summed E-state index contributed by atoms with van der Waals surface area (Å²) in [7, 11) is 0. The Morgan fingerprint density at radius 2 is 2.12 bits per heavy atom. The number of nitrogens with zero attached hydrogens (tertiary/aromatic N) is 4. The van der Waals surface area contributed by atoms with Gasteiger partial charge in [-0.05, 0) is 44.2 Å². The second kappa shape index (κ2) is 9.40. The van der Waals surface area contributed by atoms with Crippen molar-refractivity contribution in [2.24, 2.45) is 10.9 Å². The van der Waals surface area contributed by atoms with Crippen LogP contribution in [0.15, 0.2) is 29.5 Å². The number of hydrogen-bond donors (Lipinski definition) is 1. The van der Waals surface area contributed by atoms with Gasteiger partial charge >= 0.3 is 0 Å². The molecule has 0 aromatic carbocycles. The number of nitrogens with one attached hydrogen (secondary N) is 1. The molecule has 0 amide bonds. The van der Waals surface area contributed by atoms with Gasteiger partial charge < -0.3 is 14.6 Å². The molecule has 25 heavy (non-hydrogen) atoms. The van der Waals surface area contributed by atoms with Crippen molar-refractivity contribution >= 4 is 35.6 Å². The summed E-state index contributed by atoms with van der Waals surface area (Å²) in [5.74, 6) is 1.90. The molecule has 0 atom stereocenters. The minimum Gasteiger partial charge on any atom is -0.357 e. The zero-order valence-corrected chi connectivity index (χ0v) is 17.9. The average molecular weight is 455 g/mol. The van der Waals surface area contributed by atoms with E-state index in [1.807, 2.05) is 0 Å². The summed E-state index contributed by atoms with van der Waals surface area (Å²) in [4.78, 5) is 12.0. The van der Waals surface area contributed by atoms with Crippen LogP contribution < -0.4 is 5.32 Å². The quantitative estimate of drug-likeness (QED) is 0.436. The molecular formula is C19H30IN5. The van der Waals surface area contributed by atoms with Crippen molar-refractivity contribution in [1.29, 1.82) is 0 Å². The summed E-state index contributed by atoms with van der Waals surface area (Å²) in [5.41, 5.74) is 3.37. The fraction of sp³-hybridized carbons (Fsp3) is 0.579. The minimum atomic E-state index is 0. The highest BCUT2D eigenvalue weighted by Crippen LogP contribution is 2.16. The molecule has 0 bridgehead atoms. The van der Waals surface area contributed by atoms with E-state index < -0.39 is 0 Å². The number of hydrogen-bond acceptors (Lipinski definition) is 2. The third-order valence-electron chi connectivity index (χ3n) is 4.78. The molecule has 1 N–H and O–H groups in total. The Hall–Kier alpha value is -1.31. The van der Waals surface area contributed by atoms with Crippen molar-refractivity contribution in [3.05, 3.63) is 35.8 Å². The summed E-state index contributed by atoms with van der Waals surface area (Å²) in [6.45, 7) is 10.5. The number of pyridine rings is 1. The molecule has 1 saturated heterocycles. The van der Waals surface area contributed by atoms with E-state index in [0.29, 0.717) is 0 Å². The molecule has 3 heterocycles. The number of fused-ring (bicyclic) bond motifs is 1. The molecule has 0 unspecified atom stereocenters. The van der Waals surface area contributed by atoms with E-state index in [1.165, 1.54) is 18.4 Å². The van der Waals surface area contributed by atoms with E-state index in [1.54, 1.807) is 0 Å². The SMILES string of the molecule is CCNC(=NCCc1cn2cccc(C)c2n1)N1CCC(C)CC1.I. The third-order valence-corrected chi connectivity index (χ3v) is 4.78. The number of aliphatic imine (C=N–C) groups is 1. The molecule has 1 aliphatic heterocycles. The summed E-state index contributed by atoms with van der Waals surface area (Å²) in [5, 5.41) is 3.44. The van der Waals surface area contributed by atoms with Crippen LogP contribution in [0, 0.1) is 12.8 Å². The number of guanidine groups is 1. The highest BCUT2D eigenvalue weighted by molar-refractivity contribution is 14.0. The van der Waals surface area contributed by atoms with E-state index in [4.69, 9.17) is 9.98 Å². The van der Waals surface area contributed by atoms with E-state index in [9.17, 15) is 0 Å². The Kier molecular flexibility index (Phi) is 7.53. The molecule has 0 spiro atoms. The Morgan fingerprint density at radius 3 is 2.80 bits per heavy atom. The first kappa shape index (κ1) is 20.0. The van der Waals surface area contributed by atoms with Gasteiger partial charge in [-0.2, -0.15) is 0 Å². The van der Waals surface area contributed by atoms with E-state index in [0.717, 1.165) is 55.8 Å². The molecule has 3 rings (SSSR count). The number of aryl methyl sites for hydroxylation is 1. The van der Waals surface area contributed by atoms with Crippen LogP contribution in [0.25, 0.3) is 5.65 Å². The largest absolute Gasteiger partial charge is 0.357 e. The molecular weight excluding hydrogens is 425 g/mol. The second-order valence-corrected chi connectivity index (χ2v) is 6.81. The third kappa shape index (κ3) is 5.09. The molecule has 1 aliphatic rings. The first-order chi connectivity index (χ1) is 11.7. The van der Waals surface area contributed by atoms with E-state index in [2.05, 4.69) is 59.9 Å². The molecule has 0 aliphatic carbocycles. The van der Waals surface area contributed by atoms with Crippen molar-refractivity contribution in [3.8, 4) is 0 Å². The smallest absolute Gasteiger partial charge is 0.193 e. The van der Waals surface area contributed by atoms with Gasteiger partial charge in [-0.1, -0.05) is 13.0 Å². The van der Waals surface area contributed by atoms with Crippen molar-refractivity contribution in [2.45, 2.75) is 40.0 Å². The second-order valence-electron chi connectivity index (χ2n) is 6.81. The van der Waals surface area contributed by atoms with Gasteiger partial charge in [-0.25, -0.2) is 4.98 Å². The maximum Gasteiger partial charge on any atom is 0.193 e. The van der Waals surface area contributed by atoms with Crippen LogP contribution in [0.4, 0.5) is 0 Å². The topological polar surface area (TPSA) is 44.9 Å². The van der Waals surface area contributed by atoms with Gasteiger partial charge in [0.25, 0.3) is 0 Å². The Bertz CT molecular complexity index is 701. The fourth-order valence-corrected chi connectivity index (χ4v) is 3.25. The predicted molar refractivity (Wildman–Crippen MR) is 115 cm³/mol. The van der Waals surface area contributed by atoms with Crippen LogP contribution in [-0.4, -0.2) is 46.4 Å². The summed E-state index contributed by atoms with van der Waals surface area (Å²) >= 11 is 0. The van der Waals surface area contributed by atoms with Gasteiger partial charge in [0.1, 0.15) is 5.65 Å². The maximum atomic E-state index is 4.83.